The van der Waals surface area contributed by atoms with Gasteiger partial charge in [0.05, 0.1) is 12.3 Å². The minimum atomic E-state index is -5.08. The number of aryl methyl sites for hydroxylation is 2. The van der Waals surface area contributed by atoms with E-state index in [2.05, 4.69) is 15.0 Å². The summed E-state index contributed by atoms with van der Waals surface area (Å²) in [6.07, 6.45) is -1.10. The predicted octanol–water partition coefficient (Wildman–Crippen LogP) is 3.13. The van der Waals surface area contributed by atoms with Crippen molar-refractivity contribution in [2.75, 3.05) is 13.2 Å². The number of aliphatic carboxylic acids is 1. The lowest BCUT2D eigenvalue weighted by atomic mass is 10.1. The van der Waals surface area contributed by atoms with Crippen molar-refractivity contribution in [1.82, 2.24) is 15.0 Å². The van der Waals surface area contributed by atoms with Crippen LogP contribution in [0.1, 0.15) is 29.9 Å². The number of alkyl halides is 3. The smallest absolute Gasteiger partial charge is 0.475 e. The molecule has 2 fully saturated rings. The minimum Gasteiger partial charge on any atom is -0.475 e. The van der Waals surface area contributed by atoms with Crippen molar-refractivity contribution >= 4 is 5.97 Å². The number of carbonyl (C=O) groups is 1. The van der Waals surface area contributed by atoms with E-state index in [1.54, 1.807) is 6.20 Å². The number of fused-ring (bicyclic) bond motifs is 1. The van der Waals surface area contributed by atoms with Crippen molar-refractivity contribution < 1.29 is 37.1 Å². The highest BCUT2D eigenvalue weighted by molar-refractivity contribution is 5.73. The largest absolute Gasteiger partial charge is 0.490 e. The predicted molar refractivity (Wildman–Crippen MR) is 101 cm³/mol. The average Bonchev–Trinajstić information content (AvgIpc) is 3.27. The molecule has 0 aromatic carbocycles. The third-order valence-corrected chi connectivity index (χ3v) is 5.35. The zero-order chi connectivity index (χ0) is 22.6. The second kappa shape index (κ2) is 9.65. The van der Waals surface area contributed by atoms with E-state index in [0.29, 0.717) is 11.9 Å². The SMILES string of the molecule is Cc1noc(C)c1CN1CCO[C@H]2[C@H](Oc3ccccn3)CC[C@@H]21.O=C(O)C(F)(F)F. The van der Waals surface area contributed by atoms with E-state index < -0.39 is 12.1 Å². The molecule has 11 heteroatoms. The standard InChI is InChI=1S/C18H23N3O3.C2HF3O2/c1-12-14(13(2)24-20-12)11-21-9-10-22-18-15(21)6-7-16(18)23-17-5-3-4-8-19-17;3-2(4,5)1(6)7/h3-5,8,15-16,18H,6-7,9-11H2,1-2H3;(H,6,7)/t15-,16+,18+;/m0./s1. The number of hydrogen-bond donors (Lipinski definition) is 1. The van der Waals surface area contributed by atoms with Crippen molar-refractivity contribution in [3.8, 4) is 5.88 Å². The van der Waals surface area contributed by atoms with Crippen LogP contribution in [-0.4, -0.2) is 63.7 Å². The van der Waals surface area contributed by atoms with Gasteiger partial charge in [-0.1, -0.05) is 11.2 Å². The number of ether oxygens (including phenoxy) is 2. The lowest BCUT2D eigenvalue weighted by Gasteiger charge is -2.38. The van der Waals surface area contributed by atoms with E-state index in [4.69, 9.17) is 23.9 Å². The maximum Gasteiger partial charge on any atom is 0.490 e. The molecule has 3 atom stereocenters. The molecule has 0 spiro atoms. The molecule has 0 amide bonds. The van der Waals surface area contributed by atoms with Crippen LogP contribution in [-0.2, 0) is 16.1 Å². The summed E-state index contributed by atoms with van der Waals surface area (Å²) in [6.45, 7) is 6.51. The molecule has 2 aromatic rings. The Labute approximate surface area is 176 Å². The van der Waals surface area contributed by atoms with E-state index in [1.807, 2.05) is 32.0 Å². The van der Waals surface area contributed by atoms with Crippen molar-refractivity contribution in [3.05, 3.63) is 41.4 Å². The fourth-order valence-electron chi connectivity index (χ4n) is 3.82. The highest BCUT2D eigenvalue weighted by atomic mass is 19.4. The molecule has 1 saturated carbocycles. The molecule has 2 aliphatic rings. The summed E-state index contributed by atoms with van der Waals surface area (Å²) in [5, 5.41) is 11.2. The summed E-state index contributed by atoms with van der Waals surface area (Å²) >= 11 is 0. The Hall–Kier alpha value is -2.66. The number of morpholine rings is 1. The van der Waals surface area contributed by atoms with E-state index in [0.717, 1.165) is 44.0 Å². The fraction of sp³-hybridized carbons (Fsp3) is 0.550. The van der Waals surface area contributed by atoms with Gasteiger partial charge in [0.15, 0.2) is 0 Å². The number of nitrogens with zero attached hydrogens (tertiary/aromatic N) is 3. The second-order valence-electron chi connectivity index (χ2n) is 7.38. The lowest BCUT2D eigenvalue weighted by Crippen LogP contribution is -2.51. The van der Waals surface area contributed by atoms with Crippen molar-refractivity contribution in [3.63, 3.8) is 0 Å². The van der Waals surface area contributed by atoms with E-state index in [1.165, 1.54) is 5.56 Å². The number of aromatic nitrogens is 2. The number of rotatable bonds is 4. The summed E-state index contributed by atoms with van der Waals surface area (Å²) in [5.74, 6) is -1.17. The van der Waals surface area contributed by atoms with Gasteiger partial charge >= 0.3 is 12.1 Å². The summed E-state index contributed by atoms with van der Waals surface area (Å²) in [7, 11) is 0. The van der Waals surface area contributed by atoms with Gasteiger partial charge in [0.25, 0.3) is 0 Å². The third kappa shape index (κ3) is 5.73. The molecule has 1 saturated heterocycles. The van der Waals surface area contributed by atoms with Crippen LogP contribution in [0.3, 0.4) is 0 Å². The normalized spacial score (nSPS) is 23.6. The number of halogens is 3. The Balaban J connectivity index is 0.000000339. The highest BCUT2D eigenvalue weighted by Crippen LogP contribution is 2.34. The Morgan fingerprint density at radius 2 is 2.06 bits per heavy atom. The molecule has 0 radical (unpaired) electrons. The number of carboxylic acid groups (broad SMARTS) is 1. The lowest BCUT2D eigenvalue weighted by molar-refractivity contribution is -0.192. The molecule has 1 N–H and O–H groups in total. The Kier molecular flexibility index (Phi) is 7.16. The van der Waals surface area contributed by atoms with Crippen molar-refractivity contribution in [1.29, 1.82) is 0 Å². The van der Waals surface area contributed by atoms with Gasteiger partial charge in [-0.15, -0.1) is 0 Å². The van der Waals surface area contributed by atoms with Crippen molar-refractivity contribution in [2.45, 2.75) is 57.7 Å². The van der Waals surface area contributed by atoms with Crippen LogP contribution in [0.25, 0.3) is 0 Å². The molecule has 0 bridgehead atoms. The molecular formula is C20H24F3N3O5. The zero-order valence-corrected chi connectivity index (χ0v) is 17.1. The second-order valence-corrected chi connectivity index (χ2v) is 7.38. The maximum atomic E-state index is 10.6. The monoisotopic (exact) mass is 443 g/mol. The van der Waals surface area contributed by atoms with E-state index >= 15 is 0 Å². The third-order valence-electron chi connectivity index (χ3n) is 5.35. The Morgan fingerprint density at radius 1 is 1.32 bits per heavy atom. The first-order chi connectivity index (χ1) is 14.7. The zero-order valence-electron chi connectivity index (χ0n) is 17.1. The van der Waals surface area contributed by atoms with Gasteiger partial charge < -0.3 is 19.1 Å². The van der Waals surface area contributed by atoms with Gasteiger partial charge in [-0.2, -0.15) is 13.2 Å². The molecule has 1 aliphatic carbocycles. The van der Waals surface area contributed by atoms with E-state index in [9.17, 15) is 13.2 Å². The Bertz CT molecular complexity index is 855. The van der Waals surface area contributed by atoms with Crippen LogP contribution in [0.5, 0.6) is 5.88 Å². The average molecular weight is 443 g/mol. The number of hydrogen-bond acceptors (Lipinski definition) is 7. The molecule has 0 unspecified atom stereocenters. The van der Waals surface area contributed by atoms with Crippen LogP contribution in [0.2, 0.25) is 0 Å². The van der Waals surface area contributed by atoms with Gasteiger partial charge in [-0.05, 0) is 32.8 Å². The van der Waals surface area contributed by atoms with Crippen LogP contribution < -0.4 is 4.74 Å². The first kappa shape index (κ1) is 23.0. The van der Waals surface area contributed by atoms with E-state index in [-0.39, 0.29) is 12.2 Å². The summed E-state index contributed by atoms with van der Waals surface area (Å²) < 4.78 is 49.2. The quantitative estimate of drug-likeness (QED) is 0.770. The van der Waals surface area contributed by atoms with Crippen LogP contribution in [0, 0.1) is 13.8 Å². The molecule has 8 nitrogen and oxygen atoms in total. The summed E-state index contributed by atoms with van der Waals surface area (Å²) in [5.41, 5.74) is 2.18. The molecule has 31 heavy (non-hydrogen) atoms. The van der Waals surface area contributed by atoms with Gasteiger partial charge in [0, 0.05) is 37.0 Å². The van der Waals surface area contributed by atoms with Gasteiger partial charge in [-0.3, -0.25) is 4.90 Å². The topological polar surface area (TPSA) is 97.9 Å². The Morgan fingerprint density at radius 3 is 2.65 bits per heavy atom. The van der Waals surface area contributed by atoms with Gasteiger partial charge in [0.1, 0.15) is 18.0 Å². The first-order valence-electron chi connectivity index (χ1n) is 9.82. The van der Waals surface area contributed by atoms with Gasteiger partial charge in [0.2, 0.25) is 5.88 Å². The van der Waals surface area contributed by atoms with Crippen LogP contribution in [0.15, 0.2) is 28.9 Å². The number of carboxylic acids is 1. The maximum absolute atomic E-state index is 10.6. The minimum absolute atomic E-state index is 0.0670. The van der Waals surface area contributed by atoms with Gasteiger partial charge in [-0.25, -0.2) is 9.78 Å². The number of pyridine rings is 1. The molecule has 1 aliphatic heterocycles. The molecule has 4 rings (SSSR count). The molecule has 2 aromatic heterocycles. The summed E-state index contributed by atoms with van der Waals surface area (Å²) in [6, 6.07) is 6.12. The first-order valence-corrected chi connectivity index (χ1v) is 9.82. The fourth-order valence-corrected chi connectivity index (χ4v) is 3.82. The van der Waals surface area contributed by atoms with Crippen LogP contribution in [0.4, 0.5) is 13.2 Å². The van der Waals surface area contributed by atoms with Crippen molar-refractivity contribution in [2.24, 2.45) is 0 Å². The highest BCUT2D eigenvalue weighted by Gasteiger charge is 2.44. The van der Waals surface area contributed by atoms with Crippen LogP contribution >= 0.6 is 0 Å². The molecule has 170 valence electrons. The molecular weight excluding hydrogens is 419 g/mol. The molecule has 3 heterocycles. The summed E-state index contributed by atoms with van der Waals surface area (Å²) in [4.78, 5) is 15.7.